The predicted molar refractivity (Wildman–Crippen MR) is 184 cm³/mol. The van der Waals surface area contributed by atoms with Crippen molar-refractivity contribution in [1.82, 2.24) is 5.32 Å². The number of ketones is 1. The summed E-state index contributed by atoms with van der Waals surface area (Å²) in [5, 5.41) is 3.81. The quantitative estimate of drug-likeness (QED) is 0.256. The number of benzene rings is 2. The number of carbonyl (C=O) groups is 1. The first-order valence-corrected chi connectivity index (χ1v) is 19.5. The molecule has 2 aromatic rings. The van der Waals surface area contributed by atoms with Crippen LogP contribution in [0.2, 0.25) is 22.7 Å². The van der Waals surface area contributed by atoms with Crippen LogP contribution in [0.1, 0.15) is 99.1 Å². The van der Waals surface area contributed by atoms with E-state index >= 15 is 4.79 Å². The fourth-order valence-corrected chi connectivity index (χ4v) is 15.7. The molecule has 2 fully saturated rings. The summed E-state index contributed by atoms with van der Waals surface area (Å²) in [5.74, 6) is 1.05. The summed E-state index contributed by atoms with van der Waals surface area (Å²) in [6.07, 6.45) is 1.77. The Morgan fingerprint density at radius 1 is 0.886 bits per heavy atom. The highest BCUT2D eigenvalue weighted by Crippen LogP contribution is 2.62. The van der Waals surface area contributed by atoms with Crippen LogP contribution in [-0.4, -0.2) is 32.3 Å². The van der Waals surface area contributed by atoms with Gasteiger partial charge < -0.3 is 9.47 Å². The van der Waals surface area contributed by atoms with Crippen LogP contribution in [0.4, 0.5) is 0 Å². The molecule has 44 heavy (non-hydrogen) atoms. The topological polar surface area (TPSA) is 47.6 Å². The number of ether oxygens (including phenoxy) is 2. The molecular weight excluding hydrogens is 559 g/mol. The Kier molecular flexibility index (Phi) is 9.18. The Balaban J connectivity index is 1.67. The van der Waals surface area contributed by atoms with E-state index in [0.29, 0.717) is 41.5 Å². The Morgan fingerprint density at radius 3 is 2.02 bits per heavy atom. The average molecular weight is 616 g/mol. The number of rotatable bonds is 11. The molecule has 0 aromatic heterocycles. The number of hydrogen-bond acceptors (Lipinski definition) is 4. The number of fused-ring (bicyclic) bond motifs is 2. The smallest absolute Gasteiger partial charge is 0.218 e. The molecule has 5 rings (SSSR count). The van der Waals surface area contributed by atoms with Crippen molar-refractivity contribution in [2.24, 2.45) is 16.7 Å². The number of carbonyl (C=O) groups excluding carboxylic acids is 1. The highest BCUT2D eigenvalue weighted by Gasteiger charge is 2.62. The molecule has 1 N–H and O–H groups in total. The molecule has 0 unspecified atom stereocenters. The van der Waals surface area contributed by atoms with Gasteiger partial charge in [-0.1, -0.05) is 140 Å². The highest BCUT2D eigenvalue weighted by atomic mass is 28.3. The third kappa shape index (κ3) is 5.25. The summed E-state index contributed by atoms with van der Waals surface area (Å²) >= 11 is 0. The zero-order valence-corrected chi connectivity index (χ0v) is 30.0. The zero-order valence-electron chi connectivity index (χ0n) is 29.0. The maximum Gasteiger partial charge on any atom is 0.218 e. The van der Waals surface area contributed by atoms with Crippen molar-refractivity contribution in [3.63, 3.8) is 0 Å². The van der Waals surface area contributed by atoms with Crippen LogP contribution in [0, 0.1) is 16.7 Å². The van der Waals surface area contributed by atoms with Crippen LogP contribution < -0.4 is 5.32 Å². The third-order valence-electron chi connectivity index (χ3n) is 13.0. The first kappa shape index (κ1) is 33.2. The van der Waals surface area contributed by atoms with Crippen LogP contribution in [0.25, 0.3) is 0 Å². The SMILES string of the molecule is CC(C)[Si](CC1=C(O[C@H]2OC[C@H]3CC[C@]2(C)C3(C)C)C(=O)[C@@](C)(NCc2ccccc2)[C@@H]1c1ccccc1)(C(C)C)C(C)C. The van der Waals surface area contributed by atoms with E-state index in [0.717, 1.165) is 18.9 Å². The lowest BCUT2D eigenvalue weighted by molar-refractivity contribution is -0.248. The molecule has 1 heterocycles. The second-order valence-electron chi connectivity index (χ2n) is 16.0. The molecular formula is C39H57NO3Si. The van der Waals surface area contributed by atoms with E-state index in [9.17, 15) is 0 Å². The molecule has 2 bridgehead atoms. The largest absolute Gasteiger partial charge is 0.461 e. The minimum Gasteiger partial charge on any atom is -0.461 e. The standard InChI is InChI=1S/C39H57NO3Si/c1-26(2)44(27(3)4,28(5)6)25-32-33(30-19-15-12-16-20-30)39(10,40-23-29-17-13-11-14-18-29)35(41)34(32)43-36-38(9)22-21-31(24-42-36)37(38,7)8/h11-20,26-28,31,33,36,40H,21-25H2,1-10H3/t31-,33-,36-,38+,39+/m1/s1. The van der Waals surface area contributed by atoms with Gasteiger partial charge in [-0.05, 0) is 53.8 Å². The van der Waals surface area contributed by atoms with Gasteiger partial charge in [0.1, 0.15) is 0 Å². The number of hydrogen-bond donors (Lipinski definition) is 1. The minimum atomic E-state index is -1.98. The molecule has 1 saturated heterocycles. The summed E-state index contributed by atoms with van der Waals surface area (Å²) in [5.41, 5.74) is 4.29. The van der Waals surface area contributed by atoms with Gasteiger partial charge in [-0.15, -0.1) is 0 Å². The Labute approximate surface area is 268 Å². The lowest BCUT2D eigenvalue weighted by Crippen LogP contribution is -2.53. The summed E-state index contributed by atoms with van der Waals surface area (Å²) in [6.45, 7) is 25.0. The molecule has 4 nitrogen and oxygen atoms in total. The van der Waals surface area contributed by atoms with E-state index in [2.05, 4.69) is 129 Å². The Bertz CT molecular complexity index is 1330. The monoisotopic (exact) mass is 615 g/mol. The Hall–Kier alpha value is -2.21. The van der Waals surface area contributed by atoms with Crippen molar-refractivity contribution in [3.8, 4) is 0 Å². The van der Waals surface area contributed by atoms with E-state index in [1.165, 1.54) is 16.7 Å². The van der Waals surface area contributed by atoms with Gasteiger partial charge in [-0.3, -0.25) is 10.1 Å². The van der Waals surface area contributed by atoms with Gasteiger partial charge in [0, 0.05) is 17.9 Å². The van der Waals surface area contributed by atoms with Crippen LogP contribution in [0.3, 0.4) is 0 Å². The normalized spacial score (nSPS) is 30.2. The van der Waals surface area contributed by atoms with Gasteiger partial charge in [0.25, 0.3) is 0 Å². The number of nitrogens with one attached hydrogen (secondary N) is 1. The summed E-state index contributed by atoms with van der Waals surface area (Å²) in [6, 6.07) is 22.1. The molecule has 240 valence electrons. The average Bonchev–Trinajstić information content (AvgIpc) is 3.23. The maximum absolute atomic E-state index is 15.1. The van der Waals surface area contributed by atoms with Gasteiger partial charge in [0.05, 0.1) is 20.2 Å². The third-order valence-corrected chi connectivity index (χ3v) is 20.4. The summed E-state index contributed by atoms with van der Waals surface area (Å²) in [4.78, 5) is 15.1. The van der Waals surface area contributed by atoms with E-state index in [-0.39, 0.29) is 22.5 Å². The first-order valence-electron chi connectivity index (χ1n) is 17.1. The van der Waals surface area contributed by atoms with Gasteiger partial charge in [0.2, 0.25) is 12.1 Å². The molecule has 5 heteroatoms. The lowest BCUT2D eigenvalue weighted by Gasteiger charge is -2.50. The van der Waals surface area contributed by atoms with E-state index in [1.54, 1.807) is 0 Å². The van der Waals surface area contributed by atoms with Gasteiger partial charge in [0.15, 0.2) is 5.76 Å². The molecule has 1 saturated carbocycles. The molecule has 1 aliphatic heterocycles. The molecule has 0 spiro atoms. The molecule has 2 aromatic carbocycles. The van der Waals surface area contributed by atoms with Crippen LogP contribution >= 0.6 is 0 Å². The van der Waals surface area contributed by atoms with Crippen LogP contribution in [-0.2, 0) is 20.8 Å². The van der Waals surface area contributed by atoms with E-state index < -0.39 is 19.9 Å². The van der Waals surface area contributed by atoms with Gasteiger partial charge in [-0.2, -0.15) is 0 Å². The predicted octanol–water partition coefficient (Wildman–Crippen LogP) is 9.65. The Morgan fingerprint density at radius 2 is 1.45 bits per heavy atom. The fraction of sp³-hybridized carbons (Fsp3) is 0.615. The first-order chi connectivity index (χ1) is 20.7. The van der Waals surface area contributed by atoms with Crippen LogP contribution in [0.15, 0.2) is 72.0 Å². The highest BCUT2D eigenvalue weighted by molar-refractivity contribution is 6.84. The fourth-order valence-electron chi connectivity index (χ4n) is 9.49. The van der Waals surface area contributed by atoms with Crippen molar-refractivity contribution in [2.45, 2.75) is 129 Å². The second kappa shape index (κ2) is 12.2. The van der Waals surface area contributed by atoms with Crippen molar-refractivity contribution >= 4 is 13.9 Å². The molecule has 3 aliphatic rings. The maximum atomic E-state index is 15.1. The van der Waals surface area contributed by atoms with Gasteiger partial charge in [-0.25, -0.2) is 0 Å². The molecule has 0 radical (unpaired) electrons. The van der Waals surface area contributed by atoms with E-state index in [1.807, 2.05) is 6.07 Å². The second-order valence-corrected chi connectivity index (χ2v) is 22.0. The van der Waals surface area contributed by atoms with Crippen LogP contribution in [0.5, 0.6) is 0 Å². The van der Waals surface area contributed by atoms with Crippen molar-refractivity contribution < 1.29 is 14.3 Å². The van der Waals surface area contributed by atoms with E-state index in [4.69, 9.17) is 9.47 Å². The van der Waals surface area contributed by atoms with Crippen molar-refractivity contribution in [1.29, 1.82) is 0 Å². The summed E-state index contributed by atoms with van der Waals surface area (Å²) < 4.78 is 13.7. The van der Waals surface area contributed by atoms with Crippen molar-refractivity contribution in [2.75, 3.05) is 6.61 Å². The molecule has 2 aliphatic carbocycles. The van der Waals surface area contributed by atoms with Gasteiger partial charge >= 0.3 is 0 Å². The molecule has 0 amide bonds. The van der Waals surface area contributed by atoms with Crippen molar-refractivity contribution in [3.05, 3.63) is 83.1 Å². The minimum absolute atomic E-state index is 0.0709. The lowest BCUT2D eigenvalue weighted by atomic mass is 9.64. The zero-order chi connectivity index (χ0) is 32.1. The summed E-state index contributed by atoms with van der Waals surface area (Å²) in [7, 11) is -1.98. The number of Topliss-reactive ketones (excluding diaryl/α,β-unsaturated/α-hetero) is 1. The molecule has 5 atom stereocenters.